The van der Waals surface area contributed by atoms with Gasteiger partial charge in [-0.2, -0.15) is 0 Å². The molecule has 0 bridgehead atoms. The molecule has 33 heavy (non-hydrogen) atoms. The Bertz CT molecular complexity index is 1040. The number of morpholine rings is 1. The molecule has 0 radical (unpaired) electrons. The number of carbonyl (C=O) groups excluding carboxylic acids is 2. The Labute approximate surface area is 196 Å². The first kappa shape index (κ1) is 24.1. The molecule has 0 atom stereocenters. The summed E-state index contributed by atoms with van der Waals surface area (Å²) in [5, 5.41) is 19.8. The van der Waals surface area contributed by atoms with Gasteiger partial charge in [-0.25, -0.2) is 0 Å². The van der Waals surface area contributed by atoms with E-state index in [9.17, 15) is 19.7 Å². The average Bonchev–Trinajstić information content (AvgIpc) is 2.80. The van der Waals surface area contributed by atoms with Crippen LogP contribution < -0.4 is 20.9 Å². The van der Waals surface area contributed by atoms with E-state index in [-0.39, 0.29) is 22.3 Å². The van der Waals surface area contributed by atoms with Crippen molar-refractivity contribution in [2.45, 2.75) is 19.8 Å². The van der Waals surface area contributed by atoms with Gasteiger partial charge in [-0.05, 0) is 55.0 Å². The second-order valence-electron chi connectivity index (χ2n) is 7.34. The van der Waals surface area contributed by atoms with Crippen LogP contribution in [-0.2, 0) is 9.53 Å². The predicted molar refractivity (Wildman–Crippen MR) is 130 cm³/mol. The van der Waals surface area contributed by atoms with E-state index < -0.39 is 10.8 Å². The van der Waals surface area contributed by atoms with Crippen molar-refractivity contribution in [1.29, 1.82) is 0 Å². The molecule has 0 aromatic heterocycles. The van der Waals surface area contributed by atoms with E-state index in [0.717, 1.165) is 6.42 Å². The zero-order valence-electron chi connectivity index (χ0n) is 18.1. The lowest BCUT2D eigenvalue weighted by Crippen LogP contribution is -2.37. The number of rotatable bonds is 7. The molecule has 2 aromatic carbocycles. The van der Waals surface area contributed by atoms with E-state index in [1.54, 1.807) is 30.3 Å². The van der Waals surface area contributed by atoms with Gasteiger partial charge in [0.15, 0.2) is 5.11 Å². The molecule has 3 rings (SSSR count). The van der Waals surface area contributed by atoms with Gasteiger partial charge >= 0.3 is 0 Å². The Kier molecular flexibility index (Phi) is 8.28. The van der Waals surface area contributed by atoms with Gasteiger partial charge < -0.3 is 20.3 Å². The maximum atomic E-state index is 12.6. The van der Waals surface area contributed by atoms with Crippen LogP contribution in [0, 0.1) is 10.1 Å². The highest BCUT2D eigenvalue weighted by Crippen LogP contribution is 2.30. The maximum absolute atomic E-state index is 12.6. The molecule has 174 valence electrons. The van der Waals surface area contributed by atoms with E-state index >= 15 is 0 Å². The number of nitrogens with one attached hydrogen (secondary N) is 3. The molecule has 10 nitrogen and oxygen atoms in total. The topological polar surface area (TPSA) is 126 Å². The van der Waals surface area contributed by atoms with Gasteiger partial charge in [-0.3, -0.25) is 25.0 Å². The normalized spacial score (nSPS) is 13.2. The maximum Gasteiger partial charge on any atom is 0.293 e. The number of benzene rings is 2. The number of hydrogen-bond acceptors (Lipinski definition) is 7. The largest absolute Gasteiger partial charge is 0.378 e. The summed E-state index contributed by atoms with van der Waals surface area (Å²) in [5.41, 5.74) is 1.69. The van der Waals surface area contributed by atoms with E-state index in [4.69, 9.17) is 17.0 Å². The van der Waals surface area contributed by atoms with Crippen LogP contribution in [0.2, 0.25) is 0 Å². The zero-order chi connectivity index (χ0) is 23.8. The lowest BCUT2D eigenvalue weighted by molar-refractivity contribution is -0.384. The van der Waals surface area contributed by atoms with Crippen LogP contribution in [0.25, 0.3) is 0 Å². The van der Waals surface area contributed by atoms with Gasteiger partial charge in [-0.15, -0.1) is 0 Å². The molecule has 3 N–H and O–H groups in total. The van der Waals surface area contributed by atoms with Gasteiger partial charge in [0.25, 0.3) is 11.6 Å². The van der Waals surface area contributed by atoms with Crippen molar-refractivity contribution in [1.82, 2.24) is 5.32 Å². The summed E-state index contributed by atoms with van der Waals surface area (Å²) < 4.78 is 5.29. The lowest BCUT2D eigenvalue weighted by Gasteiger charge is -2.28. The number of anilines is 3. The fraction of sp³-hybridized carbons (Fsp3) is 0.318. The van der Waals surface area contributed by atoms with E-state index in [0.29, 0.717) is 49.8 Å². The Morgan fingerprint density at radius 2 is 1.73 bits per heavy atom. The molecule has 0 aliphatic carbocycles. The van der Waals surface area contributed by atoms with Crippen LogP contribution in [0.1, 0.15) is 30.1 Å². The number of amides is 2. The molecular weight excluding hydrogens is 446 g/mol. The Hall–Kier alpha value is -3.57. The van der Waals surface area contributed by atoms with Gasteiger partial charge in [0.05, 0.1) is 18.1 Å². The first-order valence-electron chi connectivity index (χ1n) is 10.5. The number of carbonyl (C=O) groups is 2. The third-order valence-electron chi connectivity index (χ3n) is 4.92. The number of thiocarbonyl (C=S) groups is 1. The number of nitro groups is 1. The van der Waals surface area contributed by atoms with Gasteiger partial charge in [0, 0.05) is 42.5 Å². The molecule has 1 aliphatic rings. The third kappa shape index (κ3) is 6.70. The molecule has 0 unspecified atom stereocenters. The fourth-order valence-corrected chi connectivity index (χ4v) is 3.52. The molecule has 2 aromatic rings. The second kappa shape index (κ2) is 11.3. The molecule has 1 heterocycles. The number of nitro benzene ring substituents is 1. The third-order valence-corrected chi connectivity index (χ3v) is 5.12. The van der Waals surface area contributed by atoms with Crippen molar-refractivity contribution in [2.24, 2.45) is 0 Å². The minimum absolute atomic E-state index is 0.0441. The van der Waals surface area contributed by atoms with Crippen LogP contribution in [0.5, 0.6) is 0 Å². The molecular formula is C22H25N5O5S. The lowest BCUT2D eigenvalue weighted by atomic mass is 10.1. The number of hydrogen-bond donors (Lipinski definition) is 3. The average molecular weight is 472 g/mol. The first-order valence-corrected chi connectivity index (χ1v) is 10.9. The minimum atomic E-state index is -0.562. The van der Waals surface area contributed by atoms with Crippen LogP contribution in [0.4, 0.5) is 22.7 Å². The Morgan fingerprint density at radius 3 is 2.33 bits per heavy atom. The predicted octanol–water partition coefficient (Wildman–Crippen LogP) is 3.30. The van der Waals surface area contributed by atoms with Crippen LogP contribution in [0.3, 0.4) is 0 Å². The molecule has 0 saturated carbocycles. The van der Waals surface area contributed by atoms with Gasteiger partial charge in [0.1, 0.15) is 5.69 Å². The molecule has 2 amide bonds. The van der Waals surface area contributed by atoms with Crippen LogP contribution >= 0.6 is 12.2 Å². The van der Waals surface area contributed by atoms with Crippen molar-refractivity contribution in [3.05, 3.63) is 58.1 Å². The summed E-state index contributed by atoms with van der Waals surface area (Å²) in [6.07, 6.45) is 1.21. The Balaban J connectivity index is 1.62. The number of nitrogens with zero attached hydrogens (tertiary/aromatic N) is 2. The minimum Gasteiger partial charge on any atom is -0.378 e. The SMILES string of the molecule is CCCC(=O)Nc1ccc(NC(=S)NC(=O)c2ccc(N3CCOCC3)c([N+](=O)[O-])c2)cc1. The first-order chi connectivity index (χ1) is 15.9. The summed E-state index contributed by atoms with van der Waals surface area (Å²) in [6.45, 7) is 4.00. The highest BCUT2D eigenvalue weighted by molar-refractivity contribution is 7.80. The molecule has 1 fully saturated rings. The Morgan fingerprint density at radius 1 is 1.09 bits per heavy atom. The van der Waals surface area contributed by atoms with Crippen LogP contribution in [0.15, 0.2) is 42.5 Å². The molecule has 0 spiro atoms. The van der Waals surface area contributed by atoms with Crippen molar-refractivity contribution < 1.29 is 19.2 Å². The summed E-state index contributed by atoms with van der Waals surface area (Å²) in [4.78, 5) is 37.2. The number of ether oxygens (including phenoxy) is 1. The van der Waals surface area contributed by atoms with Crippen LogP contribution in [-0.4, -0.2) is 48.2 Å². The van der Waals surface area contributed by atoms with E-state index in [1.807, 2.05) is 11.8 Å². The van der Waals surface area contributed by atoms with Gasteiger partial charge in [0.2, 0.25) is 5.91 Å². The fourth-order valence-electron chi connectivity index (χ4n) is 3.31. The molecule has 1 aliphatic heterocycles. The standard InChI is InChI=1S/C22H25N5O5S/c1-2-3-20(28)23-16-5-7-17(8-6-16)24-22(33)25-21(29)15-4-9-18(19(14-15)27(30)31)26-10-12-32-13-11-26/h4-9,14H,2-3,10-13H2,1H3,(H,23,28)(H2,24,25,29,33). The van der Waals surface area contributed by atoms with Crippen molar-refractivity contribution in [2.75, 3.05) is 41.8 Å². The highest BCUT2D eigenvalue weighted by atomic mass is 32.1. The summed E-state index contributed by atoms with van der Waals surface area (Å²) in [7, 11) is 0. The summed E-state index contributed by atoms with van der Waals surface area (Å²) in [6, 6.07) is 11.2. The van der Waals surface area contributed by atoms with Crippen molar-refractivity contribution >= 4 is 51.9 Å². The smallest absolute Gasteiger partial charge is 0.293 e. The quantitative estimate of drug-likeness (QED) is 0.319. The summed E-state index contributed by atoms with van der Waals surface area (Å²) in [5.74, 6) is -0.623. The van der Waals surface area contributed by atoms with Gasteiger partial charge in [-0.1, -0.05) is 6.92 Å². The van der Waals surface area contributed by atoms with Crippen molar-refractivity contribution in [3.63, 3.8) is 0 Å². The van der Waals surface area contributed by atoms with E-state index in [1.165, 1.54) is 12.1 Å². The molecule has 1 saturated heterocycles. The monoisotopic (exact) mass is 471 g/mol. The highest BCUT2D eigenvalue weighted by Gasteiger charge is 2.23. The zero-order valence-corrected chi connectivity index (χ0v) is 18.9. The summed E-state index contributed by atoms with van der Waals surface area (Å²) >= 11 is 5.19. The van der Waals surface area contributed by atoms with E-state index in [2.05, 4.69) is 16.0 Å². The molecule has 11 heteroatoms. The second-order valence-corrected chi connectivity index (χ2v) is 7.75. The van der Waals surface area contributed by atoms with Crippen molar-refractivity contribution in [3.8, 4) is 0 Å².